The SMILES string of the molecule is C=CCCC(=O)OC[C@@H](NC(=O)[C@@H]1[C@H]2O[C@@]3(CC2Br)[C@H](C(=O)N(CC=C)C(C)CCC)N(CCO)C(=O)[C@@H]13)c1ccccc1. The van der Waals surface area contributed by atoms with Crippen LogP contribution in [0.15, 0.2) is 55.6 Å². The number of esters is 1. The van der Waals surface area contributed by atoms with E-state index in [4.69, 9.17) is 9.47 Å². The number of amides is 3. The summed E-state index contributed by atoms with van der Waals surface area (Å²) in [6, 6.07) is 7.41. The summed E-state index contributed by atoms with van der Waals surface area (Å²) in [6.45, 7) is 11.3. The molecule has 1 spiro atoms. The van der Waals surface area contributed by atoms with Crippen LogP contribution in [0.3, 0.4) is 0 Å². The second-order valence-corrected chi connectivity index (χ2v) is 13.0. The fourth-order valence-corrected chi connectivity index (χ4v) is 8.00. The second-order valence-electron chi connectivity index (χ2n) is 11.8. The Morgan fingerprint density at radius 3 is 2.64 bits per heavy atom. The zero-order valence-corrected chi connectivity index (χ0v) is 27.1. The van der Waals surface area contributed by atoms with E-state index in [0.29, 0.717) is 19.4 Å². The molecule has 0 aliphatic carbocycles. The van der Waals surface area contributed by atoms with E-state index in [1.165, 1.54) is 4.90 Å². The molecule has 3 aliphatic rings. The van der Waals surface area contributed by atoms with Crippen LogP contribution in [0.25, 0.3) is 0 Å². The predicted octanol–water partition coefficient (Wildman–Crippen LogP) is 3.30. The number of aliphatic hydroxyl groups excluding tert-OH is 1. The maximum atomic E-state index is 14.3. The molecular weight excluding hydrogens is 630 g/mol. The van der Waals surface area contributed by atoms with E-state index < -0.39 is 47.5 Å². The third-order valence-corrected chi connectivity index (χ3v) is 9.84. The van der Waals surface area contributed by atoms with E-state index >= 15 is 0 Å². The van der Waals surface area contributed by atoms with Crippen LogP contribution in [0, 0.1) is 11.8 Å². The lowest BCUT2D eigenvalue weighted by molar-refractivity contribution is -0.150. The van der Waals surface area contributed by atoms with Gasteiger partial charge >= 0.3 is 5.97 Å². The Bertz CT molecular complexity index is 1230. The molecule has 1 aromatic rings. The molecule has 3 aliphatic heterocycles. The number of carbonyl (C=O) groups excluding carboxylic acids is 4. The van der Waals surface area contributed by atoms with E-state index in [9.17, 15) is 24.3 Å². The maximum Gasteiger partial charge on any atom is 0.306 e. The summed E-state index contributed by atoms with van der Waals surface area (Å²) in [5, 5.41) is 13.0. The van der Waals surface area contributed by atoms with Crippen molar-refractivity contribution in [2.75, 3.05) is 26.3 Å². The van der Waals surface area contributed by atoms with Crippen molar-refractivity contribution in [1.29, 1.82) is 0 Å². The van der Waals surface area contributed by atoms with E-state index in [1.54, 1.807) is 17.1 Å². The highest BCUT2D eigenvalue weighted by Crippen LogP contribution is 2.60. The van der Waals surface area contributed by atoms with Gasteiger partial charge in [0.15, 0.2) is 0 Å². The van der Waals surface area contributed by atoms with Crippen molar-refractivity contribution in [2.45, 2.75) is 80.6 Å². The second kappa shape index (κ2) is 14.8. The van der Waals surface area contributed by atoms with E-state index in [2.05, 4.69) is 34.4 Å². The van der Waals surface area contributed by atoms with Gasteiger partial charge in [-0.3, -0.25) is 19.2 Å². The van der Waals surface area contributed by atoms with Gasteiger partial charge in [0.05, 0.1) is 30.6 Å². The third-order valence-electron chi connectivity index (χ3n) is 9.00. The lowest BCUT2D eigenvalue weighted by atomic mass is 9.70. The summed E-state index contributed by atoms with van der Waals surface area (Å²) < 4.78 is 12.1. The number of hydrogen-bond donors (Lipinski definition) is 2. The first-order chi connectivity index (χ1) is 21.1. The highest BCUT2D eigenvalue weighted by molar-refractivity contribution is 9.09. The number of alkyl halides is 1. The van der Waals surface area contributed by atoms with E-state index in [-0.39, 0.29) is 48.9 Å². The van der Waals surface area contributed by atoms with Crippen LogP contribution in [-0.4, -0.2) is 93.5 Å². The molecule has 0 saturated carbocycles. The van der Waals surface area contributed by atoms with Crippen LogP contribution in [-0.2, 0) is 28.7 Å². The van der Waals surface area contributed by atoms with Crippen LogP contribution in [0.1, 0.15) is 57.6 Å². The number of rotatable bonds is 16. The number of likely N-dealkylation sites (tertiary alicyclic amines) is 1. The summed E-state index contributed by atoms with van der Waals surface area (Å²) in [5.41, 5.74) is -0.501. The molecule has 0 aromatic heterocycles. The Morgan fingerprint density at radius 2 is 2.00 bits per heavy atom. The first-order valence-corrected chi connectivity index (χ1v) is 16.3. The topological polar surface area (TPSA) is 125 Å². The number of nitrogens with one attached hydrogen (secondary N) is 1. The van der Waals surface area contributed by atoms with Gasteiger partial charge < -0.3 is 29.7 Å². The average Bonchev–Trinajstić information content (AvgIpc) is 3.60. The zero-order valence-electron chi connectivity index (χ0n) is 25.5. The minimum Gasteiger partial charge on any atom is -0.463 e. The van der Waals surface area contributed by atoms with Crippen molar-refractivity contribution in [3.05, 3.63) is 61.2 Å². The largest absolute Gasteiger partial charge is 0.463 e. The van der Waals surface area contributed by atoms with E-state index in [0.717, 1.165) is 18.4 Å². The van der Waals surface area contributed by atoms with Gasteiger partial charge in [-0.2, -0.15) is 0 Å². The fourth-order valence-electron chi connectivity index (χ4n) is 7.06. The van der Waals surface area contributed by atoms with Crippen molar-refractivity contribution < 1.29 is 33.8 Å². The minimum atomic E-state index is -1.24. The number of benzene rings is 1. The van der Waals surface area contributed by atoms with Crippen LogP contribution in [0.4, 0.5) is 0 Å². The number of fused-ring (bicyclic) bond motifs is 1. The molecule has 3 fully saturated rings. The molecule has 3 saturated heterocycles. The lowest BCUT2D eigenvalue weighted by Crippen LogP contribution is -2.58. The minimum absolute atomic E-state index is 0.0554. The van der Waals surface area contributed by atoms with Crippen molar-refractivity contribution in [3.63, 3.8) is 0 Å². The number of aliphatic hydroxyl groups is 1. The number of β-amino-alcohol motifs (C(OH)–C–C–N with tert-alkyl or cyclic N) is 1. The molecule has 8 atom stereocenters. The quantitative estimate of drug-likeness (QED) is 0.157. The van der Waals surface area contributed by atoms with Gasteiger partial charge in [0.2, 0.25) is 17.7 Å². The molecule has 3 amide bonds. The number of carbonyl (C=O) groups is 4. The Labute approximate surface area is 267 Å². The number of nitrogens with zero attached hydrogens (tertiary/aromatic N) is 2. The average molecular weight is 675 g/mol. The van der Waals surface area contributed by atoms with Crippen LogP contribution >= 0.6 is 15.9 Å². The molecular formula is C33H44BrN3O7. The fraction of sp³-hybridized carbons (Fsp3) is 0.576. The number of halogens is 1. The van der Waals surface area contributed by atoms with Crippen LogP contribution in [0.5, 0.6) is 0 Å². The van der Waals surface area contributed by atoms with Crippen LogP contribution < -0.4 is 5.32 Å². The standard InChI is InChI=1S/C33H44BrN3O7/c1-5-8-15-25(39)43-20-24(22-13-10-9-11-14-22)35-30(40)26-27-31(41)37(17-18-38)29(33(27)19-23(34)28(26)44-33)32(42)36(16-7-3)21(4)12-6-2/h5,7,9-11,13-14,21,23-24,26-29,38H,1,3,6,8,12,15-20H2,2,4H3,(H,35,40)/t21?,23?,24-,26+,27-,28+,29+,33-/m1/s1. The third kappa shape index (κ3) is 6.50. The molecule has 10 nitrogen and oxygen atoms in total. The Morgan fingerprint density at radius 1 is 1.27 bits per heavy atom. The van der Waals surface area contributed by atoms with Gasteiger partial charge in [-0.25, -0.2) is 0 Å². The molecule has 240 valence electrons. The summed E-state index contributed by atoms with van der Waals surface area (Å²) in [6.07, 6.45) is 5.31. The van der Waals surface area contributed by atoms with Crippen LogP contribution in [0.2, 0.25) is 0 Å². The summed E-state index contributed by atoms with van der Waals surface area (Å²) >= 11 is 3.69. The lowest BCUT2D eigenvalue weighted by Gasteiger charge is -2.39. The van der Waals surface area contributed by atoms with Gasteiger partial charge in [-0.1, -0.05) is 71.8 Å². The molecule has 11 heteroatoms. The molecule has 0 radical (unpaired) electrons. The number of allylic oxidation sites excluding steroid dienone is 1. The smallest absolute Gasteiger partial charge is 0.306 e. The number of hydrogen-bond acceptors (Lipinski definition) is 7. The van der Waals surface area contributed by atoms with E-state index in [1.807, 2.05) is 44.2 Å². The molecule has 2 N–H and O–H groups in total. The van der Waals surface area contributed by atoms with Gasteiger partial charge in [-0.15, -0.1) is 13.2 Å². The van der Waals surface area contributed by atoms with Crippen molar-refractivity contribution >= 4 is 39.6 Å². The molecule has 2 bridgehead atoms. The molecule has 44 heavy (non-hydrogen) atoms. The Kier molecular flexibility index (Phi) is 11.4. The van der Waals surface area contributed by atoms with Crippen molar-refractivity contribution in [1.82, 2.24) is 15.1 Å². The number of ether oxygens (including phenoxy) is 2. The summed E-state index contributed by atoms with van der Waals surface area (Å²) in [4.78, 5) is 57.7. The molecule has 4 rings (SSSR count). The van der Waals surface area contributed by atoms with Gasteiger partial charge in [0, 0.05) is 30.4 Å². The molecule has 1 aromatic carbocycles. The monoisotopic (exact) mass is 673 g/mol. The predicted molar refractivity (Wildman–Crippen MR) is 168 cm³/mol. The zero-order chi connectivity index (χ0) is 32.0. The van der Waals surface area contributed by atoms with Gasteiger partial charge in [0.25, 0.3) is 0 Å². The van der Waals surface area contributed by atoms with Crippen molar-refractivity contribution in [2.24, 2.45) is 11.8 Å². The molecule has 3 heterocycles. The summed E-state index contributed by atoms with van der Waals surface area (Å²) in [5.74, 6) is -3.30. The molecule has 2 unspecified atom stereocenters. The highest BCUT2D eigenvalue weighted by Gasteiger charge is 2.76. The van der Waals surface area contributed by atoms with Crippen molar-refractivity contribution in [3.8, 4) is 0 Å². The Hall–Kier alpha value is -3.02. The Balaban J connectivity index is 1.65. The first kappa shape index (κ1) is 33.9. The summed E-state index contributed by atoms with van der Waals surface area (Å²) in [7, 11) is 0. The normalized spacial score (nSPS) is 28.2. The van der Waals surface area contributed by atoms with Gasteiger partial charge in [-0.05, 0) is 31.7 Å². The first-order valence-electron chi connectivity index (χ1n) is 15.4. The maximum absolute atomic E-state index is 14.3. The highest BCUT2D eigenvalue weighted by atomic mass is 79.9. The van der Waals surface area contributed by atoms with Gasteiger partial charge in [0.1, 0.15) is 18.2 Å².